The Morgan fingerprint density at radius 3 is 2.31 bits per heavy atom. The third-order valence-corrected chi connectivity index (χ3v) is 22.1. The zero-order valence-corrected chi connectivity index (χ0v) is 58.6. The summed E-state index contributed by atoms with van der Waals surface area (Å²) in [6.07, 6.45) is 25.3. The fourth-order valence-electron chi connectivity index (χ4n) is 16.3. The molecule has 1 aromatic rings. The standard InChI is InChI=1S/C72H120ClF3N12O3/c1-13-38-90-47-62-43-84(11)37-35-79-58(25-23-56-24-28-63(64(73)40-56)72(74,75)76)29-32-77-33-34-78-48-71(30-17-18-31-71)83-53(8)69(57-20-15-16-21-57)87-55(10)68(70(89)88-60-26-27-61(88)46-91-45-60)67(87)42-80-52(7)65(39-49(3)4)81-41-66(50(5)14-2)82-51(6)54(9)86-36-19-22-59(86)44-85(62)12/h24,28-29,32,35,37,40,43-44,49-55,57,60-61,65-69,78-83H,13-23,25-27,30-31,33-34,36,38-39,41-42,45-48H2,1-12H3/t50-,51?,52?,53?,54-,55?,60?,61?,65-,66+,67?,68-,69+/m0/s1. The molecule has 7 unspecified atom stereocenters. The highest BCUT2D eigenvalue weighted by Gasteiger charge is 2.58. The van der Waals surface area contributed by atoms with E-state index >= 15 is 4.79 Å². The number of alkyl halides is 3. The van der Waals surface area contributed by atoms with Gasteiger partial charge in [-0.1, -0.05) is 84.4 Å². The lowest BCUT2D eigenvalue weighted by atomic mass is 9.73. The van der Waals surface area contributed by atoms with Crippen LogP contribution >= 0.6 is 11.6 Å². The van der Waals surface area contributed by atoms with Crippen molar-refractivity contribution in [1.82, 2.24) is 56.4 Å². The van der Waals surface area contributed by atoms with Gasteiger partial charge in [0.1, 0.15) is 0 Å². The van der Waals surface area contributed by atoms with Crippen molar-refractivity contribution >= 4 is 23.7 Å². The Hall–Kier alpha value is -3.72. The van der Waals surface area contributed by atoms with Gasteiger partial charge in [-0.2, -0.15) is 13.2 Å². The molecule has 8 rings (SSSR count). The van der Waals surface area contributed by atoms with Crippen molar-refractivity contribution in [2.24, 2.45) is 28.7 Å². The predicted molar refractivity (Wildman–Crippen MR) is 367 cm³/mol. The van der Waals surface area contributed by atoms with Crippen LogP contribution in [0.1, 0.15) is 183 Å². The van der Waals surface area contributed by atoms with Gasteiger partial charge in [0.25, 0.3) is 0 Å². The van der Waals surface area contributed by atoms with E-state index in [9.17, 15) is 13.2 Å². The van der Waals surface area contributed by atoms with Gasteiger partial charge in [0.05, 0.1) is 60.7 Å². The van der Waals surface area contributed by atoms with Crippen molar-refractivity contribution < 1.29 is 27.4 Å². The summed E-state index contributed by atoms with van der Waals surface area (Å²) in [6, 6.07) is 6.20. The van der Waals surface area contributed by atoms with Crippen LogP contribution in [0.15, 0.2) is 71.2 Å². The normalized spacial score (nSPS) is 31.6. The summed E-state index contributed by atoms with van der Waals surface area (Å²) >= 11 is 6.19. The molecular formula is C72H120ClF3N12O3. The second kappa shape index (κ2) is 34.8. The summed E-state index contributed by atoms with van der Waals surface area (Å²) < 4.78 is 53.3. The molecule has 5 aliphatic heterocycles. The number of hydrogen-bond acceptors (Lipinski definition) is 14. The van der Waals surface area contributed by atoms with Crippen molar-refractivity contribution in [3.63, 3.8) is 0 Å². The number of morpholine rings is 1. The maximum atomic E-state index is 15.3. The second-order valence-electron chi connectivity index (χ2n) is 29.0. The van der Waals surface area contributed by atoms with Gasteiger partial charge < -0.3 is 61.0 Å². The van der Waals surface area contributed by atoms with Crippen LogP contribution in [0.4, 0.5) is 13.2 Å². The minimum Gasteiger partial charge on any atom is -0.377 e. The van der Waals surface area contributed by atoms with Crippen LogP contribution < -0.4 is 31.9 Å². The van der Waals surface area contributed by atoms with Gasteiger partial charge in [-0.3, -0.25) is 14.7 Å². The molecular weight excluding hydrogens is 1170 g/mol. The largest absolute Gasteiger partial charge is 0.417 e. The molecule has 1 aromatic carbocycles. The van der Waals surface area contributed by atoms with Gasteiger partial charge in [-0.25, -0.2) is 0 Å². The summed E-state index contributed by atoms with van der Waals surface area (Å²) in [6.45, 7) is 30.7. The van der Waals surface area contributed by atoms with Gasteiger partial charge in [0.2, 0.25) is 5.91 Å². The zero-order chi connectivity index (χ0) is 65.4. The van der Waals surface area contributed by atoms with E-state index in [1.165, 1.54) is 56.4 Å². The number of likely N-dealkylation sites (N-methyl/N-ethyl adjacent to an activating group) is 1. The molecule has 2 saturated carbocycles. The van der Waals surface area contributed by atoms with E-state index < -0.39 is 11.7 Å². The predicted octanol–water partition coefficient (Wildman–Crippen LogP) is 11.7. The third-order valence-electron chi connectivity index (χ3n) is 21.8. The lowest BCUT2D eigenvalue weighted by molar-refractivity contribution is -0.170. The minimum absolute atomic E-state index is 0.0531. The fraction of sp³-hybridized carbons (Fsp3) is 0.778. The average molecular weight is 1290 g/mol. The van der Waals surface area contributed by atoms with E-state index in [1.807, 2.05) is 36.6 Å². The van der Waals surface area contributed by atoms with E-state index in [4.69, 9.17) is 26.1 Å². The van der Waals surface area contributed by atoms with Crippen molar-refractivity contribution in [2.45, 2.75) is 257 Å². The number of carbonyl (C=O) groups is 1. The molecule has 1 amide bonds. The average Bonchev–Trinajstić information content (AvgIpc) is 1.87. The Balaban J connectivity index is 1.09. The first-order valence-electron chi connectivity index (χ1n) is 35.7. The number of ether oxygens (including phenoxy) is 2. The molecule has 91 heavy (non-hydrogen) atoms. The molecule has 7 aliphatic rings. The van der Waals surface area contributed by atoms with Gasteiger partial charge in [0, 0.05) is 156 Å². The SMILES string of the molecule is CCCOCC1=CN(C)C=CNC(CCc2ccc(C(F)(F)F)c(Cl)c2)=CC=NCCNCC2(CCCC2)NC(C)[C@H](C2CCCC2)N2C(C)[C@H](C(=O)N3C4CCC3COC4)C2CNC(C)[C@H](CC(C)C)NC[C@H]([C@@H](C)CC)NC(C)[C@H](C)N2CCCC2=CN1C. The van der Waals surface area contributed by atoms with Gasteiger partial charge in [-0.05, 0) is 153 Å². The molecule has 4 saturated heterocycles. The van der Waals surface area contributed by atoms with E-state index in [0.29, 0.717) is 87.6 Å². The molecule has 2 bridgehead atoms. The van der Waals surface area contributed by atoms with Crippen molar-refractivity contribution in [1.29, 1.82) is 0 Å². The monoisotopic (exact) mass is 1290 g/mol. The maximum Gasteiger partial charge on any atom is 0.417 e. The molecule has 0 radical (unpaired) electrons. The first-order valence-corrected chi connectivity index (χ1v) is 36.1. The van der Waals surface area contributed by atoms with Gasteiger partial charge in [0.15, 0.2) is 0 Å². The molecule has 1 spiro atoms. The molecule has 13 atom stereocenters. The molecule has 0 aromatic heterocycles. The smallest absolute Gasteiger partial charge is 0.377 e. The van der Waals surface area contributed by atoms with Gasteiger partial charge >= 0.3 is 6.18 Å². The van der Waals surface area contributed by atoms with Crippen molar-refractivity contribution in [3.8, 4) is 0 Å². The van der Waals surface area contributed by atoms with Crippen LogP contribution in [0.2, 0.25) is 5.02 Å². The highest BCUT2D eigenvalue weighted by Crippen LogP contribution is 2.45. The van der Waals surface area contributed by atoms with Crippen molar-refractivity contribution in [3.05, 3.63) is 82.3 Å². The Labute approximate surface area is 552 Å². The summed E-state index contributed by atoms with van der Waals surface area (Å²) in [4.78, 5) is 32.2. The number of benzene rings is 1. The number of carbonyl (C=O) groups excluding carboxylic acids is 1. The van der Waals surface area contributed by atoms with Crippen LogP contribution in [0.3, 0.4) is 0 Å². The lowest BCUT2D eigenvalue weighted by Crippen LogP contribution is -2.76. The highest BCUT2D eigenvalue weighted by molar-refractivity contribution is 6.31. The number of nitrogens with zero attached hydrogens (tertiary/aromatic N) is 6. The Morgan fingerprint density at radius 1 is 0.890 bits per heavy atom. The second-order valence-corrected chi connectivity index (χ2v) is 29.4. The fourth-order valence-corrected chi connectivity index (χ4v) is 16.7. The topological polar surface area (TPSA) is 136 Å². The number of allylic oxidation sites excluding steroid dienone is 3. The van der Waals surface area contributed by atoms with E-state index in [2.05, 4.69) is 140 Å². The number of halogens is 4. The number of hydrogen-bond donors (Lipinski definition) is 6. The van der Waals surface area contributed by atoms with Crippen LogP contribution in [-0.4, -0.2) is 188 Å². The van der Waals surface area contributed by atoms with Crippen LogP contribution in [0.25, 0.3) is 0 Å². The molecule has 6 fully saturated rings. The Morgan fingerprint density at radius 2 is 1.63 bits per heavy atom. The first-order chi connectivity index (χ1) is 43.6. The molecule has 6 N–H and O–H groups in total. The molecule has 5 heterocycles. The summed E-state index contributed by atoms with van der Waals surface area (Å²) in [5.74, 6) is 1.77. The van der Waals surface area contributed by atoms with Crippen LogP contribution in [-0.2, 0) is 26.9 Å². The quantitative estimate of drug-likeness (QED) is 0.105. The number of amides is 1. The van der Waals surface area contributed by atoms with Crippen LogP contribution in [0, 0.1) is 23.7 Å². The van der Waals surface area contributed by atoms with E-state index in [0.717, 1.165) is 101 Å². The Kier molecular flexibility index (Phi) is 28.0. The molecule has 2 aliphatic carbocycles. The van der Waals surface area contributed by atoms with Crippen LogP contribution in [0.5, 0.6) is 0 Å². The first kappa shape index (κ1) is 73.1. The van der Waals surface area contributed by atoms with Crippen molar-refractivity contribution in [2.75, 3.05) is 79.8 Å². The molecule has 19 heteroatoms. The number of nitrogens with one attached hydrogen (secondary N) is 6. The number of aliphatic imine (C=N–C) groups is 1. The Bertz CT molecular complexity index is 2560. The minimum atomic E-state index is -4.52. The summed E-state index contributed by atoms with van der Waals surface area (Å²) in [7, 11) is 4.12. The van der Waals surface area contributed by atoms with Gasteiger partial charge in [-0.15, -0.1) is 0 Å². The van der Waals surface area contributed by atoms with E-state index in [1.54, 1.807) is 0 Å². The number of rotatable bonds is 13. The number of fused-ring (bicyclic) bond motifs is 4. The molecule has 514 valence electrons. The van der Waals surface area contributed by atoms with E-state index in [-0.39, 0.29) is 76.9 Å². The third kappa shape index (κ3) is 19.7. The zero-order valence-electron chi connectivity index (χ0n) is 57.9. The summed E-state index contributed by atoms with van der Waals surface area (Å²) in [5.41, 5.74) is 3.02. The highest BCUT2D eigenvalue weighted by atomic mass is 35.5. The number of aryl methyl sites for hydroxylation is 1. The maximum absolute atomic E-state index is 15.3. The molecule has 15 nitrogen and oxygen atoms in total. The summed E-state index contributed by atoms with van der Waals surface area (Å²) in [5, 5.41) is 24.0. The lowest BCUT2D eigenvalue weighted by Gasteiger charge is -2.60.